The first-order valence-electron chi connectivity index (χ1n) is 5.88. The standard InChI is InChI=1S/C14H19NO/c1-10-4-5-11(2)13(8-10)14(16)9-15(3)12-6-7-12/h4-5,8,12H,6-7,9H2,1-3H3. The van der Waals surface area contributed by atoms with E-state index in [1.165, 1.54) is 12.8 Å². The Kier molecular flexibility index (Phi) is 3.10. The second-order valence-corrected chi connectivity index (χ2v) is 4.89. The van der Waals surface area contributed by atoms with Crippen LogP contribution in [0.25, 0.3) is 0 Å². The quantitative estimate of drug-likeness (QED) is 0.722. The highest BCUT2D eigenvalue weighted by Gasteiger charge is 2.27. The van der Waals surface area contributed by atoms with Gasteiger partial charge in [0.15, 0.2) is 5.78 Å². The lowest BCUT2D eigenvalue weighted by Crippen LogP contribution is -2.28. The Bertz CT molecular complexity index is 407. The molecule has 0 N–H and O–H groups in total. The third-order valence-corrected chi connectivity index (χ3v) is 3.26. The number of hydrogen-bond donors (Lipinski definition) is 0. The van der Waals surface area contributed by atoms with Gasteiger partial charge in [-0.3, -0.25) is 9.69 Å². The van der Waals surface area contributed by atoms with E-state index >= 15 is 0 Å². The third-order valence-electron chi connectivity index (χ3n) is 3.26. The predicted molar refractivity (Wildman–Crippen MR) is 65.9 cm³/mol. The van der Waals surface area contributed by atoms with Gasteiger partial charge >= 0.3 is 0 Å². The topological polar surface area (TPSA) is 20.3 Å². The average Bonchev–Trinajstić information content (AvgIpc) is 3.04. The van der Waals surface area contributed by atoms with Crippen LogP contribution in [-0.2, 0) is 0 Å². The van der Waals surface area contributed by atoms with E-state index in [-0.39, 0.29) is 5.78 Å². The molecule has 0 radical (unpaired) electrons. The molecule has 0 saturated heterocycles. The van der Waals surface area contributed by atoms with Gasteiger partial charge in [0.1, 0.15) is 0 Å². The molecular formula is C14H19NO. The lowest BCUT2D eigenvalue weighted by Gasteiger charge is -2.15. The number of rotatable bonds is 4. The van der Waals surface area contributed by atoms with E-state index in [2.05, 4.69) is 11.0 Å². The number of hydrogen-bond acceptors (Lipinski definition) is 2. The van der Waals surface area contributed by atoms with Crippen molar-refractivity contribution in [3.8, 4) is 0 Å². The Morgan fingerprint density at radius 1 is 1.38 bits per heavy atom. The Morgan fingerprint density at radius 2 is 2.06 bits per heavy atom. The van der Waals surface area contributed by atoms with E-state index in [9.17, 15) is 4.79 Å². The van der Waals surface area contributed by atoms with E-state index < -0.39 is 0 Å². The number of carbonyl (C=O) groups is 1. The summed E-state index contributed by atoms with van der Waals surface area (Å²) in [5.74, 6) is 0.246. The van der Waals surface area contributed by atoms with Gasteiger partial charge in [-0.05, 0) is 45.4 Å². The summed E-state index contributed by atoms with van der Waals surface area (Å²) in [4.78, 5) is 14.3. The van der Waals surface area contributed by atoms with Crippen LogP contribution in [0.4, 0.5) is 0 Å². The smallest absolute Gasteiger partial charge is 0.177 e. The first kappa shape index (κ1) is 11.3. The molecular weight excluding hydrogens is 198 g/mol. The maximum atomic E-state index is 12.1. The van der Waals surface area contributed by atoms with Crippen molar-refractivity contribution in [2.45, 2.75) is 32.7 Å². The fourth-order valence-corrected chi connectivity index (χ4v) is 1.99. The fourth-order valence-electron chi connectivity index (χ4n) is 1.99. The first-order valence-corrected chi connectivity index (χ1v) is 5.88. The molecule has 0 unspecified atom stereocenters. The maximum absolute atomic E-state index is 12.1. The van der Waals surface area contributed by atoms with Crippen molar-refractivity contribution >= 4 is 5.78 Å². The van der Waals surface area contributed by atoms with Crippen molar-refractivity contribution in [1.29, 1.82) is 0 Å². The molecule has 1 aromatic rings. The summed E-state index contributed by atoms with van der Waals surface area (Å²) in [6, 6.07) is 6.73. The van der Waals surface area contributed by atoms with Crippen LogP contribution in [0, 0.1) is 13.8 Å². The Balaban J connectivity index is 2.10. The number of Topliss-reactive ketones (excluding diaryl/α,β-unsaturated/α-hetero) is 1. The van der Waals surface area contributed by atoms with Crippen molar-refractivity contribution < 1.29 is 4.79 Å². The SMILES string of the molecule is Cc1ccc(C)c(C(=O)CN(C)C2CC2)c1. The monoisotopic (exact) mass is 217 g/mol. The van der Waals surface area contributed by atoms with Crippen LogP contribution < -0.4 is 0 Å². The van der Waals surface area contributed by atoms with Crippen molar-refractivity contribution in [2.75, 3.05) is 13.6 Å². The molecule has 1 aliphatic carbocycles. The van der Waals surface area contributed by atoms with Gasteiger partial charge in [0.2, 0.25) is 0 Å². The molecule has 0 heterocycles. The Hall–Kier alpha value is -1.15. The summed E-state index contributed by atoms with van der Waals surface area (Å²) in [6.07, 6.45) is 2.49. The second kappa shape index (κ2) is 4.38. The van der Waals surface area contributed by atoms with Gasteiger partial charge in [-0.25, -0.2) is 0 Å². The zero-order valence-corrected chi connectivity index (χ0v) is 10.3. The second-order valence-electron chi connectivity index (χ2n) is 4.89. The number of carbonyl (C=O) groups excluding carboxylic acids is 1. The molecule has 2 rings (SSSR count). The number of likely N-dealkylation sites (N-methyl/N-ethyl adjacent to an activating group) is 1. The van der Waals surface area contributed by atoms with Gasteiger partial charge in [-0.2, -0.15) is 0 Å². The molecule has 0 aromatic heterocycles. The summed E-state index contributed by atoms with van der Waals surface area (Å²) in [7, 11) is 2.04. The highest BCUT2D eigenvalue weighted by atomic mass is 16.1. The van der Waals surface area contributed by atoms with E-state index in [1.54, 1.807) is 0 Å². The van der Waals surface area contributed by atoms with Crippen molar-refractivity contribution in [3.05, 3.63) is 34.9 Å². The van der Waals surface area contributed by atoms with Gasteiger partial charge < -0.3 is 0 Å². The Morgan fingerprint density at radius 3 is 2.69 bits per heavy atom. The average molecular weight is 217 g/mol. The molecule has 1 aliphatic rings. The molecule has 0 spiro atoms. The van der Waals surface area contributed by atoms with Crippen LogP contribution in [0.15, 0.2) is 18.2 Å². The van der Waals surface area contributed by atoms with Crippen LogP contribution in [0.5, 0.6) is 0 Å². The molecule has 0 bridgehead atoms. The van der Waals surface area contributed by atoms with E-state index in [0.29, 0.717) is 12.6 Å². The van der Waals surface area contributed by atoms with E-state index in [1.807, 2.05) is 33.0 Å². The molecule has 0 amide bonds. The Labute approximate surface area is 97.3 Å². The molecule has 1 saturated carbocycles. The van der Waals surface area contributed by atoms with Gasteiger partial charge in [0.25, 0.3) is 0 Å². The first-order chi connectivity index (χ1) is 7.58. The van der Waals surface area contributed by atoms with Gasteiger partial charge in [0.05, 0.1) is 6.54 Å². The van der Waals surface area contributed by atoms with Crippen LogP contribution in [0.1, 0.15) is 34.3 Å². The van der Waals surface area contributed by atoms with E-state index in [0.717, 1.165) is 16.7 Å². The molecule has 2 heteroatoms. The summed E-state index contributed by atoms with van der Waals surface area (Å²) in [6.45, 7) is 4.58. The molecule has 0 aliphatic heterocycles. The predicted octanol–water partition coefficient (Wildman–Crippen LogP) is 2.58. The number of benzene rings is 1. The molecule has 86 valence electrons. The minimum Gasteiger partial charge on any atom is -0.296 e. The number of ketones is 1. The van der Waals surface area contributed by atoms with Gasteiger partial charge in [-0.15, -0.1) is 0 Å². The van der Waals surface area contributed by atoms with Crippen molar-refractivity contribution in [2.24, 2.45) is 0 Å². The lowest BCUT2D eigenvalue weighted by molar-refractivity contribution is 0.0941. The van der Waals surface area contributed by atoms with Gasteiger partial charge in [-0.1, -0.05) is 17.7 Å². The van der Waals surface area contributed by atoms with Crippen LogP contribution >= 0.6 is 0 Å². The van der Waals surface area contributed by atoms with Crippen molar-refractivity contribution in [3.63, 3.8) is 0 Å². The zero-order chi connectivity index (χ0) is 11.7. The number of nitrogens with zero attached hydrogens (tertiary/aromatic N) is 1. The maximum Gasteiger partial charge on any atom is 0.177 e. The molecule has 2 nitrogen and oxygen atoms in total. The minimum atomic E-state index is 0.246. The molecule has 16 heavy (non-hydrogen) atoms. The highest BCUT2D eigenvalue weighted by Crippen LogP contribution is 2.25. The molecule has 0 atom stereocenters. The summed E-state index contributed by atoms with van der Waals surface area (Å²) < 4.78 is 0. The number of aryl methyl sites for hydroxylation is 2. The largest absolute Gasteiger partial charge is 0.296 e. The summed E-state index contributed by atoms with van der Waals surface area (Å²) in [5.41, 5.74) is 3.12. The van der Waals surface area contributed by atoms with E-state index in [4.69, 9.17) is 0 Å². The van der Waals surface area contributed by atoms with Crippen LogP contribution in [0.3, 0.4) is 0 Å². The molecule has 1 aromatic carbocycles. The van der Waals surface area contributed by atoms with Crippen molar-refractivity contribution in [1.82, 2.24) is 4.90 Å². The lowest BCUT2D eigenvalue weighted by atomic mass is 10.0. The molecule has 1 fully saturated rings. The van der Waals surface area contributed by atoms with Crippen LogP contribution in [0.2, 0.25) is 0 Å². The highest BCUT2D eigenvalue weighted by molar-refractivity contribution is 5.99. The summed E-state index contributed by atoms with van der Waals surface area (Å²) in [5, 5.41) is 0. The van der Waals surface area contributed by atoms with Gasteiger partial charge in [0, 0.05) is 11.6 Å². The zero-order valence-electron chi connectivity index (χ0n) is 10.3. The summed E-state index contributed by atoms with van der Waals surface area (Å²) >= 11 is 0. The third kappa shape index (κ3) is 2.50. The van der Waals surface area contributed by atoms with Crippen LogP contribution in [-0.4, -0.2) is 30.3 Å². The minimum absolute atomic E-state index is 0.246. The fraction of sp³-hybridized carbons (Fsp3) is 0.500. The normalized spacial score (nSPS) is 15.5.